The number of carbonyl (C=O) groups is 3. The van der Waals surface area contributed by atoms with Crippen molar-refractivity contribution in [1.82, 2.24) is 24.9 Å². The Hall–Kier alpha value is -1.83. The summed E-state index contributed by atoms with van der Waals surface area (Å²) < 4.78 is 0. The maximum atomic E-state index is 12.2. The molecule has 1 amide bonds. The van der Waals surface area contributed by atoms with Gasteiger partial charge in [0.25, 0.3) is 0 Å². The maximum Gasteiger partial charge on any atom is 0.317 e. The number of nitrogens with one attached hydrogen (secondary N) is 1. The summed E-state index contributed by atoms with van der Waals surface area (Å²) in [6, 6.07) is 0.00436. The van der Waals surface area contributed by atoms with Crippen LogP contribution >= 0.6 is 0 Å². The number of hydrogen-bond donors (Lipinski definition) is 5. The fraction of sp³-hybridized carbons (Fsp3) is 0.842. The van der Waals surface area contributed by atoms with Crippen LogP contribution in [0.3, 0.4) is 0 Å². The van der Waals surface area contributed by atoms with Gasteiger partial charge in [0.2, 0.25) is 5.91 Å². The molecule has 31 heavy (non-hydrogen) atoms. The summed E-state index contributed by atoms with van der Waals surface area (Å²) in [6.45, 7) is 6.86. The van der Waals surface area contributed by atoms with E-state index in [0.717, 1.165) is 0 Å². The number of aliphatic hydroxyl groups excluding tert-OH is 1. The summed E-state index contributed by atoms with van der Waals surface area (Å²) in [7, 11) is 0. The average Bonchev–Trinajstić information content (AvgIpc) is 2.62. The van der Waals surface area contributed by atoms with E-state index in [2.05, 4.69) is 5.32 Å². The van der Waals surface area contributed by atoms with Crippen LogP contribution in [0.4, 0.5) is 0 Å². The Morgan fingerprint density at radius 2 is 1.06 bits per heavy atom. The lowest BCUT2D eigenvalue weighted by atomic mass is 10.3. The van der Waals surface area contributed by atoms with Crippen molar-refractivity contribution < 1.29 is 34.8 Å². The molecular weight excluding hydrogens is 410 g/mol. The largest absolute Gasteiger partial charge is 0.480 e. The number of aliphatic hydroxyl groups is 2. The van der Waals surface area contributed by atoms with Gasteiger partial charge < -0.3 is 25.7 Å². The Kier molecular flexibility index (Phi) is 12.5. The minimum atomic E-state index is -1.52. The third-order valence-corrected chi connectivity index (χ3v) is 4.89. The summed E-state index contributed by atoms with van der Waals surface area (Å²) in [4.78, 5) is 41.9. The fourth-order valence-electron chi connectivity index (χ4n) is 3.42. The van der Waals surface area contributed by atoms with Crippen molar-refractivity contribution >= 4 is 17.8 Å². The molecule has 0 saturated carbocycles. The molecule has 0 aromatic rings. The van der Waals surface area contributed by atoms with Gasteiger partial charge in [0.1, 0.15) is 0 Å². The summed E-state index contributed by atoms with van der Waals surface area (Å²) in [5, 5.41) is 40.0. The van der Waals surface area contributed by atoms with Crippen molar-refractivity contribution in [2.45, 2.75) is 26.2 Å². The number of carboxylic acids is 2. The van der Waals surface area contributed by atoms with Gasteiger partial charge in [0, 0.05) is 64.9 Å². The van der Waals surface area contributed by atoms with E-state index in [1.54, 1.807) is 9.80 Å². The molecule has 1 fully saturated rings. The Morgan fingerprint density at radius 1 is 0.710 bits per heavy atom. The number of nitrogens with zero attached hydrogens (tertiary/aromatic N) is 4. The topological polar surface area (TPSA) is 157 Å². The smallest absolute Gasteiger partial charge is 0.317 e. The summed E-state index contributed by atoms with van der Waals surface area (Å²) >= 11 is 0. The molecule has 0 aromatic carbocycles. The van der Waals surface area contributed by atoms with Crippen molar-refractivity contribution in [3.8, 4) is 0 Å². The quantitative estimate of drug-likeness (QED) is 0.233. The highest BCUT2D eigenvalue weighted by atomic mass is 16.5. The van der Waals surface area contributed by atoms with Gasteiger partial charge in [0.05, 0.1) is 19.6 Å². The number of amides is 1. The molecule has 0 radical (unpaired) electrons. The Labute approximate surface area is 183 Å². The number of carbonyl (C=O) groups excluding carboxylic acids is 1. The molecule has 180 valence electrons. The molecular formula is C19H37N5O7. The van der Waals surface area contributed by atoms with Crippen molar-refractivity contribution in [3.05, 3.63) is 0 Å². The first kappa shape index (κ1) is 27.2. The van der Waals surface area contributed by atoms with Crippen molar-refractivity contribution in [2.24, 2.45) is 0 Å². The SMILES string of the molecule is CC(C)NC(=O)CN1CCN(CC(=O)O)CCN(CC(=O)O)CCN(CC(O)O)CC1. The highest BCUT2D eigenvalue weighted by Gasteiger charge is 2.21. The van der Waals surface area contributed by atoms with Gasteiger partial charge in [-0.3, -0.25) is 34.0 Å². The molecule has 0 aromatic heterocycles. The highest BCUT2D eigenvalue weighted by Crippen LogP contribution is 2.02. The lowest BCUT2D eigenvalue weighted by Gasteiger charge is -2.33. The van der Waals surface area contributed by atoms with Crippen LogP contribution in [-0.4, -0.2) is 149 Å². The van der Waals surface area contributed by atoms with E-state index in [0.29, 0.717) is 52.4 Å². The maximum absolute atomic E-state index is 12.2. The van der Waals surface area contributed by atoms with Gasteiger partial charge in [-0.05, 0) is 13.8 Å². The van der Waals surface area contributed by atoms with Crippen LogP contribution in [0.2, 0.25) is 0 Å². The molecule has 0 atom stereocenters. The van der Waals surface area contributed by atoms with E-state index in [9.17, 15) is 34.8 Å². The summed E-state index contributed by atoms with van der Waals surface area (Å²) in [6.07, 6.45) is -1.52. The molecule has 0 aliphatic carbocycles. The summed E-state index contributed by atoms with van der Waals surface area (Å²) in [5.74, 6) is -2.08. The predicted octanol–water partition coefficient (Wildman–Crippen LogP) is -2.79. The van der Waals surface area contributed by atoms with Crippen molar-refractivity contribution in [3.63, 3.8) is 0 Å². The van der Waals surface area contributed by atoms with Crippen LogP contribution in [0.15, 0.2) is 0 Å². The molecule has 1 heterocycles. The zero-order valence-corrected chi connectivity index (χ0v) is 18.4. The first-order valence-corrected chi connectivity index (χ1v) is 10.5. The van der Waals surface area contributed by atoms with Crippen LogP contribution in [0.5, 0.6) is 0 Å². The molecule has 1 saturated heterocycles. The van der Waals surface area contributed by atoms with Crippen LogP contribution < -0.4 is 5.32 Å². The Bertz CT molecular complexity index is 576. The Morgan fingerprint density at radius 3 is 1.39 bits per heavy atom. The molecule has 1 aliphatic heterocycles. The van der Waals surface area contributed by atoms with E-state index >= 15 is 0 Å². The van der Waals surface area contributed by atoms with E-state index < -0.39 is 18.2 Å². The van der Waals surface area contributed by atoms with Gasteiger partial charge >= 0.3 is 11.9 Å². The van der Waals surface area contributed by atoms with E-state index in [1.165, 1.54) is 0 Å². The van der Waals surface area contributed by atoms with E-state index in [1.807, 2.05) is 23.6 Å². The second kappa shape index (κ2) is 14.3. The van der Waals surface area contributed by atoms with Gasteiger partial charge in [-0.15, -0.1) is 0 Å². The van der Waals surface area contributed by atoms with Crippen LogP contribution in [0, 0.1) is 0 Å². The van der Waals surface area contributed by atoms with Gasteiger partial charge in [0.15, 0.2) is 6.29 Å². The molecule has 1 rings (SSSR count). The monoisotopic (exact) mass is 447 g/mol. The van der Waals surface area contributed by atoms with Gasteiger partial charge in [-0.25, -0.2) is 0 Å². The second-order valence-corrected chi connectivity index (χ2v) is 8.12. The first-order valence-electron chi connectivity index (χ1n) is 10.5. The van der Waals surface area contributed by atoms with Crippen LogP contribution in [0.1, 0.15) is 13.8 Å². The lowest BCUT2D eigenvalue weighted by molar-refractivity contribution is -0.140. The molecule has 0 unspecified atom stereocenters. The molecule has 0 spiro atoms. The van der Waals surface area contributed by atoms with Crippen molar-refractivity contribution in [1.29, 1.82) is 0 Å². The minimum Gasteiger partial charge on any atom is -0.480 e. The second-order valence-electron chi connectivity index (χ2n) is 8.12. The molecule has 5 N–H and O–H groups in total. The zero-order valence-electron chi connectivity index (χ0n) is 18.4. The number of rotatable bonds is 9. The normalized spacial score (nSPS) is 19.2. The molecule has 1 aliphatic rings. The number of β-amino-alcohol motifs (C(OH)–C–C–N with tert-alkyl or cyclic N) is 2. The fourth-order valence-corrected chi connectivity index (χ4v) is 3.42. The lowest BCUT2D eigenvalue weighted by Crippen LogP contribution is -2.50. The molecule has 12 nitrogen and oxygen atoms in total. The van der Waals surface area contributed by atoms with Gasteiger partial charge in [-0.2, -0.15) is 0 Å². The number of aliphatic carboxylic acids is 2. The summed E-state index contributed by atoms with van der Waals surface area (Å²) in [5.41, 5.74) is 0. The standard InChI is InChI=1S/C19H37N5O7/c1-15(2)20-16(25)11-21-3-5-22(12-17(26)27)7-9-24(14-19(30)31)10-8-23(6-4-21)13-18(28)29/h15,17,26-27H,3-14H2,1-2H3,(H,20,25)(H,28,29)(H,30,31). The average molecular weight is 448 g/mol. The minimum absolute atomic E-state index is 0.00436. The first-order chi connectivity index (χ1) is 14.5. The molecule has 0 bridgehead atoms. The zero-order chi connectivity index (χ0) is 23.4. The third kappa shape index (κ3) is 13.2. The predicted molar refractivity (Wildman–Crippen MR) is 113 cm³/mol. The number of hydrogen-bond acceptors (Lipinski definition) is 9. The van der Waals surface area contributed by atoms with Crippen molar-refractivity contribution in [2.75, 3.05) is 78.5 Å². The molecule has 12 heteroatoms. The van der Waals surface area contributed by atoms with Gasteiger partial charge in [-0.1, -0.05) is 0 Å². The van der Waals surface area contributed by atoms with Crippen LogP contribution in [0.25, 0.3) is 0 Å². The Balaban J connectivity index is 2.92. The van der Waals surface area contributed by atoms with Crippen LogP contribution in [-0.2, 0) is 14.4 Å². The van der Waals surface area contributed by atoms with E-state index in [-0.39, 0.29) is 38.1 Å². The van der Waals surface area contributed by atoms with E-state index in [4.69, 9.17) is 0 Å². The number of carboxylic acid groups (broad SMARTS) is 2. The third-order valence-electron chi connectivity index (χ3n) is 4.89. The highest BCUT2D eigenvalue weighted by molar-refractivity contribution is 5.78.